The number of hydrogen-bond donors (Lipinski definition) is 1. The van der Waals surface area contributed by atoms with Crippen LogP contribution in [0.15, 0.2) is 48.8 Å². The molecule has 0 bridgehead atoms. The summed E-state index contributed by atoms with van der Waals surface area (Å²) in [6.45, 7) is 0.638. The van der Waals surface area contributed by atoms with Gasteiger partial charge in [0.05, 0.1) is 0 Å². The number of amides is 2. The Morgan fingerprint density at radius 2 is 1.88 bits per heavy atom. The summed E-state index contributed by atoms with van der Waals surface area (Å²) < 4.78 is 0. The first kappa shape index (κ1) is 16.8. The summed E-state index contributed by atoms with van der Waals surface area (Å²) in [5, 5.41) is 3.09. The average Bonchev–Trinajstić information content (AvgIpc) is 3.14. The highest BCUT2D eigenvalue weighted by molar-refractivity contribution is 5.98. The van der Waals surface area contributed by atoms with Crippen LogP contribution in [0.1, 0.15) is 42.5 Å². The fraction of sp³-hybridized carbons (Fsp3) is 0.381. The smallest absolute Gasteiger partial charge is 0.254 e. The van der Waals surface area contributed by atoms with E-state index < -0.39 is 0 Å². The van der Waals surface area contributed by atoms with Crippen molar-refractivity contribution in [1.82, 2.24) is 15.2 Å². The lowest BCUT2D eigenvalue weighted by atomic mass is 9.93. The fourth-order valence-electron chi connectivity index (χ4n) is 3.66. The molecule has 1 saturated heterocycles. The Kier molecular flexibility index (Phi) is 4.69. The average molecular weight is 349 g/mol. The minimum Gasteiger partial charge on any atom is -0.352 e. The molecule has 26 heavy (non-hydrogen) atoms. The molecule has 2 aliphatic rings. The molecule has 1 saturated carbocycles. The van der Waals surface area contributed by atoms with E-state index in [2.05, 4.69) is 10.3 Å². The van der Waals surface area contributed by atoms with Crippen molar-refractivity contribution in [3.8, 4) is 11.1 Å². The second kappa shape index (κ2) is 7.28. The van der Waals surface area contributed by atoms with Gasteiger partial charge in [-0.25, -0.2) is 0 Å². The molecule has 1 aromatic heterocycles. The molecule has 2 fully saturated rings. The normalized spacial score (nSPS) is 19.8. The summed E-state index contributed by atoms with van der Waals surface area (Å²) in [5.41, 5.74) is 2.55. The van der Waals surface area contributed by atoms with Gasteiger partial charge < -0.3 is 10.2 Å². The second-order valence-corrected chi connectivity index (χ2v) is 7.12. The van der Waals surface area contributed by atoms with Crippen molar-refractivity contribution in [2.45, 2.75) is 44.2 Å². The highest BCUT2D eigenvalue weighted by Gasteiger charge is 2.36. The van der Waals surface area contributed by atoms with Gasteiger partial charge >= 0.3 is 0 Å². The van der Waals surface area contributed by atoms with Crippen molar-refractivity contribution in [2.75, 3.05) is 6.54 Å². The third-order valence-electron chi connectivity index (χ3n) is 5.37. The highest BCUT2D eigenvalue weighted by atomic mass is 16.2. The Morgan fingerprint density at radius 1 is 1.04 bits per heavy atom. The van der Waals surface area contributed by atoms with E-state index in [1.165, 1.54) is 6.42 Å². The van der Waals surface area contributed by atoms with Crippen molar-refractivity contribution in [3.05, 3.63) is 54.4 Å². The maximum Gasteiger partial charge on any atom is 0.254 e. The van der Waals surface area contributed by atoms with Crippen molar-refractivity contribution in [3.63, 3.8) is 0 Å². The summed E-state index contributed by atoms with van der Waals surface area (Å²) in [4.78, 5) is 31.5. The van der Waals surface area contributed by atoms with Gasteiger partial charge in [0.2, 0.25) is 5.91 Å². The van der Waals surface area contributed by atoms with Crippen LogP contribution in [-0.2, 0) is 4.79 Å². The molecule has 0 spiro atoms. The standard InChI is InChI=1S/C21H23N3O2/c25-20(23-18-8-2-9-18)19-10-4-12-24(19)21(26)16-6-1-5-15(13-16)17-7-3-11-22-14-17/h1,3,5-7,11,13-14,18-19H,2,4,8-10,12H2,(H,23,25). The van der Waals surface area contributed by atoms with Crippen LogP contribution >= 0.6 is 0 Å². The second-order valence-electron chi connectivity index (χ2n) is 7.12. The molecule has 2 aromatic rings. The third kappa shape index (κ3) is 3.34. The summed E-state index contributed by atoms with van der Waals surface area (Å²) in [5.74, 6) is -0.0639. The van der Waals surface area contributed by atoms with Crippen molar-refractivity contribution < 1.29 is 9.59 Å². The largest absolute Gasteiger partial charge is 0.352 e. The summed E-state index contributed by atoms with van der Waals surface area (Å²) in [6.07, 6.45) is 8.42. The maximum absolute atomic E-state index is 13.0. The molecule has 5 nitrogen and oxygen atoms in total. The molecule has 2 amide bonds. The number of rotatable bonds is 4. The SMILES string of the molecule is O=C(NC1CCC1)C1CCCN1C(=O)c1cccc(-c2cccnc2)c1. The number of pyridine rings is 1. The molecular weight excluding hydrogens is 326 g/mol. The molecule has 134 valence electrons. The van der Waals surface area contributed by atoms with Crippen LogP contribution in [0.4, 0.5) is 0 Å². The van der Waals surface area contributed by atoms with Gasteiger partial charge in [0, 0.05) is 36.1 Å². The van der Waals surface area contributed by atoms with Crippen LogP contribution < -0.4 is 5.32 Å². The number of nitrogens with zero attached hydrogens (tertiary/aromatic N) is 2. The van der Waals surface area contributed by atoms with Crippen molar-refractivity contribution in [2.24, 2.45) is 0 Å². The predicted octanol–water partition coefficient (Wildman–Crippen LogP) is 3.02. The van der Waals surface area contributed by atoms with E-state index in [0.29, 0.717) is 18.2 Å². The first-order valence-electron chi connectivity index (χ1n) is 9.34. The van der Waals surface area contributed by atoms with Crippen LogP contribution in [0.3, 0.4) is 0 Å². The Bertz CT molecular complexity index is 802. The molecule has 1 aliphatic carbocycles. The van der Waals surface area contributed by atoms with Crippen molar-refractivity contribution in [1.29, 1.82) is 0 Å². The number of benzene rings is 1. The molecule has 1 N–H and O–H groups in total. The predicted molar refractivity (Wildman–Crippen MR) is 99.5 cm³/mol. The van der Waals surface area contributed by atoms with E-state index in [-0.39, 0.29) is 17.9 Å². The minimum absolute atomic E-state index is 0.00367. The van der Waals surface area contributed by atoms with Crippen LogP contribution in [0.2, 0.25) is 0 Å². The zero-order chi connectivity index (χ0) is 17.9. The maximum atomic E-state index is 13.0. The van der Waals surface area contributed by atoms with Gasteiger partial charge in [0.25, 0.3) is 5.91 Å². The first-order valence-corrected chi connectivity index (χ1v) is 9.34. The quantitative estimate of drug-likeness (QED) is 0.923. The van der Waals surface area contributed by atoms with Gasteiger partial charge in [-0.1, -0.05) is 18.2 Å². The molecule has 1 atom stereocenters. The van der Waals surface area contributed by atoms with E-state index in [9.17, 15) is 9.59 Å². The van der Waals surface area contributed by atoms with Crippen LogP contribution in [-0.4, -0.2) is 40.3 Å². The molecule has 4 rings (SSSR count). The fourth-order valence-corrected chi connectivity index (χ4v) is 3.66. The minimum atomic E-state index is -0.342. The lowest BCUT2D eigenvalue weighted by Crippen LogP contribution is -2.50. The number of carbonyl (C=O) groups excluding carboxylic acids is 2. The number of hydrogen-bond acceptors (Lipinski definition) is 3. The molecule has 1 unspecified atom stereocenters. The topological polar surface area (TPSA) is 62.3 Å². The van der Waals surface area contributed by atoms with Gasteiger partial charge in [-0.2, -0.15) is 0 Å². The van der Waals surface area contributed by atoms with E-state index >= 15 is 0 Å². The summed E-state index contributed by atoms with van der Waals surface area (Å²) in [7, 11) is 0. The van der Waals surface area contributed by atoms with Gasteiger partial charge in [-0.05, 0) is 55.9 Å². The lowest BCUT2D eigenvalue weighted by Gasteiger charge is -2.30. The van der Waals surface area contributed by atoms with E-state index in [1.807, 2.05) is 36.4 Å². The van der Waals surface area contributed by atoms with Gasteiger partial charge in [-0.3, -0.25) is 14.6 Å². The van der Waals surface area contributed by atoms with Gasteiger partial charge in [0.1, 0.15) is 6.04 Å². The Balaban J connectivity index is 1.52. The summed E-state index contributed by atoms with van der Waals surface area (Å²) >= 11 is 0. The highest BCUT2D eigenvalue weighted by Crippen LogP contribution is 2.25. The zero-order valence-electron chi connectivity index (χ0n) is 14.7. The number of nitrogens with one attached hydrogen (secondary N) is 1. The van der Waals surface area contributed by atoms with E-state index in [0.717, 1.165) is 36.8 Å². The van der Waals surface area contributed by atoms with E-state index in [4.69, 9.17) is 0 Å². The lowest BCUT2D eigenvalue weighted by molar-refractivity contribution is -0.126. The number of likely N-dealkylation sites (tertiary alicyclic amines) is 1. The van der Waals surface area contributed by atoms with Crippen LogP contribution in [0, 0.1) is 0 Å². The molecule has 2 heterocycles. The van der Waals surface area contributed by atoms with Crippen LogP contribution in [0.25, 0.3) is 11.1 Å². The van der Waals surface area contributed by atoms with Gasteiger partial charge in [0.15, 0.2) is 0 Å². The zero-order valence-corrected chi connectivity index (χ0v) is 14.7. The Hall–Kier alpha value is -2.69. The molecule has 1 aromatic carbocycles. The molecule has 5 heteroatoms. The molecule has 1 aliphatic heterocycles. The van der Waals surface area contributed by atoms with Crippen molar-refractivity contribution >= 4 is 11.8 Å². The third-order valence-corrected chi connectivity index (χ3v) is 5.37. The number of carbonyl (C=O) groups is 2. The Labute approximate surface area is 153 Å². The first-order chi connectivity index (χ1) is 12.7. The summed E-state index contributed by atoms with van der Waals surface area (Å²) in [6, 6.07) is 11.4. The monoisotopic (exact) mass is 349 g/mol. The van der Waals surface area contributed by atoms with E-state index in [1.54, 1.807) is 17.3 Å². The van der Waals surface area contributed by atoms with Gasteiger partial charge in [-0.15, -0.1) is 0 Å². The van der Waals surface area contributed by atoms with Crippen LogP contribution in [0.5, 0.6) is 0 Å². The molecule has 0 radical (unpaired) electrons. The molecular formula is C21H23N3O2. The number of aromatic nitrogens is 1. The Morgan fingerprint density at radius 3 is 2.62 bits per heavy atom.